The van der Waals surface area contributed by atoms with Crippen LogP contribution in [0.15, 0.2) is 30.3 Å². The van der Waals surface area contributed by atoms with Crippen LogP contribution in [0.4, 0.5) is 0 Å². The fourth-order valence-electron chi connectivity index (χ4n) is 4.06. The molecule has 1 aliphatic heterocycles. The highest BCUT2D eigenvalue weighted by molar-refractivity contribution is 6.14. The number of hydrogen-bond donors (Lipinski definition) is 0. The van der Waals surface area contributed by atoms with E-state index < -0.39 is 11.9 Å². The van der Waals surface area contributed by atoms with Crippen molar-refractivity contribution < 1.29 is 14.3 Å². The van der Waals surface area contributed by atoms with Crippen LogP contribution >= 0.6 is 0 Å². The summed E-state index contributed by atoms with van der Waals surface area (Å²) >= 11 is 0. The van der Waals surface area contributed by atoms with Gasteiger partial charge >= 0.3 is 11.9 Å². The molecule has 0 fully saturated rings. The van der Waals surface area contributed by atoms with Gasteiger partial charge in [0.2, 0.25) is 0 Å². The Bertz CT molecular complexity index is 976. The van der Waals surface area contributed by atoms with Crippen molar-refractivity contribution in [1.29, 1.82) is 0 Å². The third-order valence-corrected chi connectivity index (χ3v) is 6.22. The first-order valence-corrected chi connectivity index (χ1v) is 11.2. The summed E-state index contributed by atoms with van der Waals surface area (Å²) in [5.41, 5.74) is 5.35. The molecule has 2 unspecified atom stereocenters. The van der Waals surface area contributed by atoms with Gasteiger partial charge in [0.15, 0.2) is 0 Å². The molecule has 0 spiro atoms. The summed E-state index contributed by atoms with van der Waals surface area (Å²) in [5, 5.41) is 0. The number of rotatable bonds is 5. The van der Waals surface area contributed by atoms with E-state index in [2.05, 4.69) is 67.5 Å². The Hall–Kier alpha value is -2.49. The van der Waals surface area contributed by atoms with Gasteiger partial charge in [0.05, 0.1) is 11.1 Å². The number of fused-ring (bicyclic) bond motifs is 1. The Morgan fingerprint density at radius 1 is 0.839 bits per heavy atom. The number of benzene rings is 1. The molecule has 166 valence electrons. The maximum absolute atomic E-state index is 12.0. The molecule has 0 aliphatic carbocycles. The highest BCUT2D eigenvalue weighted by Crippen LogP contribution is 2.36. The van der Waals surface area contributed by atoms with Crippen LogP contribution in [0.3, 0.4) is 0 Å². The van der Waals surface area contributed by atoms with Gasteiger partial charge in [-0.25, -0.2) is 9.59 Å². The lowest BCUT2D eigenvalue weighted by Gasteiger charge is -2.27. The zero-order valence-electron chi connectivity index (χ0n) is 20.1. The molecule has 4 heteroatoms. The lowest BCUT2D eigenvalue weighted by Crippen LogP contribution is -2.21. The summed E-state index contributed by atoms with van der Waals surface area (Å²) in [6.07, 6.45) is 1.91. The summed E-state index contributed by atoms with van der Waals surface area (Å²) in [5.74, 6) is -0.470. The average Bonchev–Trinajstić information content (AvgIpc) is 2.97. The lowest BCUT2D eigenvalue weighted by molar-refractivity contribution is 0.0443. The number of aromatic nitrogens is 1. The molecule has 31 heavy (non-hydrogen) atoms. The first-order valence-electron chi connectivity index (χ1n) is 11.2. The molecule has 2 aromatic rings. The molecule has 2 heterocycles. The quantitative estimate of drug-likeness (QED) is 0.399. The van der Waals surface area contributed by atoms with E-state index in [4.69, 9.17) is 9.72 Å². The lowest BCUT2D eigenvalue weighted by atomic mass is 9.80. The van der Waals surface area contributed by atoms with Crippen molar-refractivity contribution in [2.45, 2.75) is 90.9 Å². The first-order chi connectivity index (χ1) is 14.3. The number of hydrogen-bond acceptors (Lipinski definition) is 4. The van der Waals surface area contributed by atoms with Gasteiger partial charge < -0.3 is 4.74 Å². The molecule has 0 saturated heterocycles. The summed E-state index contributed by atoms with van der Waals surface area (Å²) in [7, 11) is 0. The zero-order chi connectivity index (χ0) is 23.1. The number of nitrogens with zero attached hydrogens (tertiary/aromatic N) is 1. The second-order valence-corrected chi connectivity index (χ2v) is 10.9. The van der Waals surface area contributed by atoms with Crippen molar-refractivity contribution in [2.24, 2.45) is 0 Å². The summed E-state index contributed by atoms with van der Waals surface area (Å²) in [6.45, 7) is 17.7. The third-order valence-electron chi connectivity index (χ3n) is 6.22. The van der Waals surface area contributed by atoms with Gasteiger partial charge in [-0.05, 0) is 60.1 Å². The van der Waals surface area contributed by atoms with Crippen LogP contribution in [0.25, 0.3) is 0 Å². The Morgan fingerprint density at radius 2 is 1.39 bits per heavy atom. The molecule has 2 atom stereocenters. The molecule has 3 rings (SSSR count). The van der Waals surface area contributed by atoms with E-state index in [1.807, 2.05) is 12.1 Å². The van der Waals surface area contributed by atoms with Gasteiger partial charge in [-0.15, -0.1) is 0 Å². The van der Waals surface area contributed by atoms with Gasteiger partial charge in [0.1, 0.15) is 0 Å². The molecule has 0 radical (unpaired) electrons. The molecule has 0 amide bonds. The normalized spacial score (nSPS) is 16.1. The van der Waals surface area contributed by atoms with Crippen molar-refractivity contribution in [3.63, 3.8) is 0 Å². The number of carbonyl (C=O) groups excluding carboxylic acids is 2. The van der Waals surface area contributed by atoms with E-state index in [-0.39, 0.29) is 16.7 Å². The number of ether oxygens (including phenoxy) is 1. The molecule has 1 aromatic heterocycles. The molecular formula is C27H35NO3. The van der Waals surface area contributed by atoms with Crippen LogP contribution in [0.5, 0.6) is 0 Å². The second-order valence-electron chi connectivity index (χ2n) is 10.9. The van der Waals surface area contributed by atoms with Crippen LogP contribution in [0, 0.1) is 0 Å². The van der Waals surface area contributed by atoms with E-state index in [1.165, 1.54) is 5.56 Å². The third kappa shape index (κ3) is 4.89. The predicted molar refractivity (Wildman–Crippen MR) is 124 cm³/mol. The van der Waals surface area contributed by atoms with Crippen molar-refractivity contribution in [3.05, 3.63) is 64.0 Å². The van der Waals surface area contributed by atoms with Crippen molar-refractivity contribution in [3.8, 4) is 0 Å². The number of cyclic esters (lactones) is 2. The van der Waals surface area contributed by atoms with E-state index in [1.54, 1.807) is 6.07 Å². The van der Waals surface area contributed by atoms with Crippen LogP contribution in [0.1, 0.15) is 123 Å². The Labute approximate surface area is 186 Å². The van der Waals surface area contributed by atoms with Gasteiger partial charge in [-0.1, -0.05) is 61.5 Å². The highest BCUT2D eigenvalue weighted by Gasteiger charge is 2.31. The van der Waals surface area contributed by atoms with Crippen LogP contribution < -0.4 is 0 Å². The smallest absolute Gasteiger partial charge is 0.346 e. The average molecular weight is 422 g/mol. The maximum atomic E-state index is 12.0. The maximum Gasteiger partial charge on any atom is 0.346 e. The Balaban J connectivity index is 1.93. The van der Waals surface area contributed by atoms with Gasteiger partial charge in [0.25, 0.3) is 0 Å². The van der Waals surface area contributed by atoms with E-state index in [0.717, 1.165) is 29.8 Å². The molecule has 4 nitrogen and oxygen atoms in total. The summed E-state index contributed by atoms with van der Waals surface area (Å²) in [6, 6.07) is 10.0. The molecule has 1 aromatic carbocycles. The largest absolute Gasteiger partial charge is 0.386 e. The molecule has 0 bridgehead atoms. The number of esters is 2. The Morgan fingerprint density at radius 3 is 1.90 bits per heavy atom. The van der Waals surface area contributed by atoms with Crippen molar-refractivity contribution >= 4 is 11.9 Å². The van der Waals surface area contributed by atoms with Crippen LogP contribution in [-0.4, -0.2) is 16.9 Å². The molecule has 0 N–H and O–H groups in total. The monoisotopic (exact) mass is 421 g/mol. The second kappa shape index (κ2) is 8.22. The van der Waals surface area contributed by atoms with E-state index >= 15 is 0 Å². The molecular weight excluding hydrogens is 386 g/mol. The molecule has 0 saturated carbocycles. The first kappa shape index (κ1) is 23.2. The minimum atomic E-state index is -0.547. The van der Waals surface area contributed by atoms with E-state index in [0.29, 0.717) is 17.0 Å². The summed E-state index contributed by atoms with van der Waals surface area (Å²) < 4.78 is 4.76. The SMILES string of the molecule is CCC(CC(C)c1cc(C(C)(C)C)nc(C(C)(C)C)c1)c1ccc2c(c1)C(=O)OC2=O. The fraction of sp³-hybridized carbons (Fsp3) is 0.519. The summed E-state index contributed by atoms with van der Waals surface area (Å²) in [4.78, 5) is 28.7. The Kier molecular flexibility index (Phi) is 6.14. The highest BCUT2D eigenvalue weighted by atomic mass is 16.6. The predicted octanol–water partition coefficient (Wildman–Crippen LogP) is 6.67. The fourth-order valence-corrected chi connectivity index (χ4v) is 4.06. The number of carbonyl (C=O) groups is 2. The van der Waals surface area contributed by atoms with E-state index in [9.17, 15) is 9.59 Å². The molecule has 1 aliphatic rings. The minimum absolute atomic E-state index is 0.0211. The van der Waals surface area contributed by atoms with Crippen molar-refractivity contribution in [2.75, 3.05) is 0 Å². The van der Waals surface area contributed by atoms with Gasteiger partial charge in [0, 0.05) is 22.2 Å². The van der Waals surface area contributed by atoms with Gasteiger partial charge in [-0.3, -0.25) is 4.98 Å². The topological polar surface area (TPSA) is 56.3 Å². The standard InChI is InChI=1S/C27H35NO3/c1-9-17(18-10-11-20-21(13-18)25(30)31-24(20)29)12-16(2)19-14-22(26(3,4)5)28-23(15-19)27(6,7)8/h10-11,13-17H,9,12H2,1-8H3. The van der Waals surface area contributed by atoms with Crippen LogP contribution in [-0.2, 0) is 15.6 Å². The van der Waals surface area contributed by atoms with Gasteiger partial charge in [-0.2, -0.15) is 0 Å². The van der Waals surface area contributed by atoms with Crippen molar-refractivity contribution in [1.82, 2.24) is 4.98 Å². The minimum Gasteiger partial charge on any atom is -0.386 e. The van der Waals surface area contributed by atoms with Crippen LogP contribution in [0.2, 0.25) is 0 Å². The zero-order valence-corrected chi connectivity index (χ0v) is 20.1. The number of pyridine rings is 1.